The van der Waals surface area contributed by atoms with E-state index in [1.165, 1.54) is 12.8 Å². The summed E-state index contributed by atoms with van der Waals surface area (Å²) in [5, 5.41) is 0. The Bertz CT molecular complexity index is 229. The molecule has 5 nitrogen and oxygen atoms in total. The van der Waals surface area contributed by atoms with E-state index in [-0.39, 0.29) is 0 Å². The molecule has 0 heterocycles. The number of guanidine groups is 1. The van der Waals surface area contributed by atoms with Crippen LogP contribution >= 0.6 is 0 Å². The molecule has 1 saturated carbocycles. The Kier molecular flexibility index (Phi) is 6.96. The van der Waals surface area contributed by atoms with Crippen LogP contribution in [0.25, 0.3) is 0 Å². The van der Waals surface area contributed by atoms with Crippen molar-refractivity contribution in [1.82, 2.24) is 10.3 Å². The smallest absolute Gasteiger partial charge is 0.208 e. The fourth-order valence-electron chi connectivity index (χ4n) is 1.80. The predicted octanol–water partition coefficient (Wildman–Crippen LogP) is 1.11. The van der Waals surface area contributed by atoms with Crippen LogP contribution in [0.5, 0.6) is 0 Å². The lowest BCUT2D eigenvalue weighted by atomic mass is 10.4. The maximum absolute atomic E-state index is 5.56. The highest BCUT2D eigenvalue weighted by atomic mass is 16.5. The SMILES string of the molecule is CCCN(C(=NCCCOCC)NN)C1CC1. The number of aliphatic imine (C=N–C) groups is 1. The van der Waals surface area contributed by atoms with Crippen molar-refractivity contribution in [3.8, 4) is 0 Å². The molecule has 0 radical (unpaired) electrons. The lowest BCUT2D eigenvalue weighted by molar-refractivity contribution is 0.146. The molecule has 0 spiro atoms. The van der Waals surface area contributed by atoms with Gasteiger partial charge in [0, 0.05) is 32.3 Å². The Morgan fingerprint density at radius 3 is 2.76 bits per heavy atom. The molecule has 0 aromatic rings. The molecule has 0 atom stereocenters. The Labute approximate surface area is 104 Å². The second kappa shape index (κ2) is 8.31. The third-order valence-corrected chi connectivity index (χ3v) is 2.77. The standard InChI is InChI=1S/C12H26N4O/c1-3-9-16(11-6-7-11)12(15-13)14-8-5-10-17-4-2/h11H,3-10,13H2,1-2H3,(H,14,15). The summed E-state index contributed by atoms with van der Waals surface area (Å²) in [5.41, 5.74) is 2.73. The van der Waals surface area contributed by atoms with Gasteiger partial charge in [0.05, 0.1) is 0 Å². The fraction of sp³-hybridized carbons (Fsp3) is 0.917. The molecule has 17 heavy (non-hydrogen) atoms. The van der Waals surface area contributed by atoms with E-state index < -0.39 is 0 Å². The van der Waals surface area contributed by atoms with E-state index >= 15 is 0 Å². The molecule has 100 valence electrons. The van der Waals surface area contributed by atoms with Gasteiger partial charge in [-0.05, 0) is 32.6 Å². The summed E-state index contributed by atoms with van der Waals surface area (Å²) < 4.78 is 5.28. The first-order valence-electron chi connectivity index (χ1n) is 6.68. The molecule has 3 N–H and O–H groups in total. The Morgan fingerprint density at radius 1 is 1.47 bits per heavy atom. The number of rotatable bonds is 8. The van der Waals surface area contributed by atoms with E-state index in [2.05, 4.69) is 22.2 Å². The highest BCUT2D eigenvalue weighted by Gasteiger charge is 2.30. The molecule has 0 saturated heterocycles. The molecule has 1 fully saturated rings. The topological polar surface area (TPSA) is 62.9 Å². The van der Waals surface area contributed by atoms with Crippen molar-refractivity contribution in [2.45, 2.75) is 45.6 Å². The lowest BCUT2D eigenvalue weighted by Gasteiger charge is -2.24. The number of ether oxygens (including phenoxy) is 1. The molecule has 0 amide bonds. The van der Waals surface area contributed by atoms with Crippen molar-refractivity contribution < 1.29 is 4.74 Å². The second-order valence-electron chi connectivity index (χ2n) is 4.32. The maximum atomic E-state index is 5.56. The Balaban J connectivity index is 2.35. The molecule has 1 rings (SSSR count). The highest BCUT2D eigenvalue weighted by Crippen LogP contribution is 2.26. The zero-order chi connectivity index (χ0) is 12.5. The van der Waals surface area contributed by atoms with Crippen molar-refractivity contribution in [3.05, 3.63) is 0 Å². The molecular formula is C12H26N4O. The fourth-order valence-corrected chi connectivity index (χ4v) is 1.80. The van der Waals surface area contributed by atoms with Crippen LogP contribution in [0.15, 0.2) is 4.99 Å². The summed E-state index contributed by atoms with van der Waals surface area (Å²) in [6.45, 7) is 7.53. The van der Waals surface area contributed by atoms with E-state index in [1.807, 2.05) is 6.92 Å². The summed E-state index contributed by atoms with van der Waals surface area (Å²) in [6, 6.07) is 0.650. The van der Waals surface area contributed by atoms with Gasteiger partial charge in [-0.3, -0.25) is 10.4 Å². The zero-order valence-corrected chi connectivity index (χ0v) is 11.1. The average molecular weight is 242 g/mol. The highest BCUT2D eigenvalue weighted by molar-refractivity contribution is 5.80. The molecule has 5 heteroatoms. The first-order chi connectivity index (χ1) is 8.33. The van der Waals surface area contributed by atoms with Crippen LogP contribution in [0.4, 0.5) is 0 Å². The molecular weight excluding hydrogens is 216 g/mol. The lowest BCUT2D eigenvalue weighted by Crippen LogP contribution is -2.46. The minimum atomic E-state index is 0.650. The normalized spacial score (nSPS) is 16.1. The molecule has 0 unspecified atom stereocenters. The predicted molar refractivity (Wildman–Crippen MR) is 70.8 cm³/mol. The van der Waals surface area contributed by atoms with E-state index in [0.717, 1.165) is 45.1 Å². The number of nitrogens with zero attached hydrogens (tertiary/aromatic N) is 2. The number of hydrogen-bond acceptors (Lipinski definition) is 3. The third-order valence-electron chi connectivity index (χ3n) is 2.77. The quantitative estimate of drug-likeness (QED) is 0.220. The number of hydrazine groups is 1. The largest absolute Gasteiger partial charge is 0.382 e. The van der Waals surface area contributed by atoms with Crippen LogP contribution in [-0.4, -0.2) is 43.2 Å². The van der Waals surface area contributed by atoms with E-state index in [1.54, 1.807) is 0 Å². The van der Waals surface area contributed by atoms with Crippen molar-refractivity contribution in [2.75, 3.05) is 26.3 Å². The maximum Gasteiger partial charge on any atom is 0.208 e. The number of hydrogen-bond donors (Lipinski definition) is 2. The average Bonchev–Trinajstić information content (AvgIpc) is 3.16. The van der Waals surface area contributed by atoms with Crippen molar-refractivity contribution in [2.24, 2.45) is 10.8 Å². The Morgan fingerprint density at radius 2 is 2.24 bits per heavy atom. The van der Waals surface area contributed by atoms with Gasteiger partial charge in [0.25, 0.3) is 0 Å². The van der Waals surface area contributed by atoms with Crippen LogP contribution in [-0.2, 0) is 4.74 Å². The molecule has 0 aliphatic heterocycles. The van der Waals surface area contributed by atoms with Crippen LogP contribution in [0.2, 0.25) is 0 Å². The Hall–Kier alpha value is -0.810. The molecule has 1 aliphatic carbocycles. The van der Waals surface area contributed by atoms with Gasteiger partial charge < -0.3 is 9.64 Å². The molecule has 1 aliphatic rings. The van der Waals surface area contributed by atoms with Crippen LogP contribution in [0, 0.1) is 0 Å². The van der Waals surface area contributed by atoms with Crippen LogP contribution < -0.4 is 11.3 Å². The van der Waals surface area contributed by atoms with Gasteiger partial charge >= 0.3 is 0 Å². The summed E-state index contributed by atoms with van der Waals surface area (Å²) >= 11 is 0. The summed E-state index contributed by atoms with van der Waals surface area (Å²) in [7, 11) is 0. The third kappa shape index (κ3) is 5.37. The van der Waals surface area contributed by atoms with Gasteiger partial charge in [-0.1, -0.05) is 6.92 Å². The van der Waals surface area contributed by atoms with Gasteiger partial charge in [-0.15, -0.1) is 0 Å². The van der Waals surface area contributed by atoms with Gasteiger partial charge in [-0.2, -0.15) is 0 Å². The monoisotopic (exact) mass is 242 g/mol. The van der Waals surface area contributed by atoms with Gasteiger partial charge in [-0.25, -0.2) is 5.84 Å². The first-order valence-corrected chi connectivity index (χ1v) is 6.68. The number of nitrogens with one attached hydrogen (secondary N) is 1. The van der Waals surface area contributed by atoms with Crippen molar-refractivity contribution in [1.29, 1.82) is 0 Å². The minimum absolute atomic E-state index is 0.650. The summed E-state index contributed by atoms with van der Waals surface area (Å²) in [5.74, 6) is 6.40. The van der Waals surface area contributed by atoms with Crippen LogP contribution in [0.3, 0.4) is 0 Å². The van der Waals surface area contributed by atoms with Crippen molar-refractivity contribution in [3.63, 3.8) is 0 Å². The number of nitrogens with two attached hydrogens (primary N) is 1. The molecule has 0 aromatic heterocycles. The molecule has 0 bridgehead atoms. The van der Waals surface area contributed by atoms with Gasteiger partial charge in [0.15, 0.2) is 0 Å². The van der Waals surface area contributed by atoms with E-state index in [4.69, 9.17) is 10.6 Å². The van der Waals surface area contributed by atoms with E-state index in [0.29, 0.717) is 6.04 Å². The van der Waals surface area contributed by atoms with Gasteiger partial charge in [0.1, 0.15) is 0 Å². The molecule has 0 aromatic carbocycles. The minimum Gasteiger partial charge on any atom is -0.382 e. The van der Waals surface area contributed by atoms with E-state index in [9.17, 15) is 0 Å². The summed E-state index contributed by atoms with van der Waals surface area (Å²) in [6.07, 6.45) is 4.60. The van der Waals surface area contributed by atoms with Crippen LogP contribution in [0.1, 0.15) is 39.5 Å². The van der Waals surface area contributed by atoms with Gasteiger partial charge in [0.2, 0.25) is 5.96 Å². The first kappa shape index (κ1) is 14.3. The van der Waals surface area contributed by atoms with Crippen molar-refractivity contribution >= 4 is 5.96 Å². The summed E-state index contributed by atoms with van der Waals surface area (Å²) in [4.78, 5) is 6.81. The second-order valence-corrected chi connectivity index (χ2v) is 4.32. The zero-order valence-electron chi connectivity index (χ0n) is 11.1.